The minimum atomic E-state index is -0.816. The number of hydrogen-bond donors (Lipinski definition) is 2. The van der Waals surface area contributed by atoms with Crippen molar-refractivity contribution < 1.29 is 19.1 Å². The topological polar surface area (TPSA) is 97.1 Å². The van der Waals surface area contributed by atoms with Crippen LogP contribution in [-0.2, 0) is 16.1 Å². The number of rotatable bonds is 8. The lowest BCUT2D eigenvalue weighted by atomic mass is 10.1. The van der Waals surface area contributed by atoms with Crippen molar-refractivity contribution in [3.05, 3.63) is 59.7 Å². The van der Waals surface area contributed by atoms with E-state index in [0.717, 1.165) is 50.6 Å². The Bertz CT molecular complexity index is 848. The van der Waals surface area contributed by atoms with Crippen LogP contribution in [0.5, 0.6) is 0 Å². The van der Waals surface area contributed by atoms with E-state index in [1.54, 1.807) is 31.4 Å². The highest BCUT2D eigenvalue weighted by Crippen LogP contribution is 2.23. The zero-order valence-electron chi connectivity index (χ0n) is 17.2. The van der Waals surface area contributed by atoms with Crippen LogP contribution in [0.25, 0.3) is 0 Å². The highest BCUT2D eigenvalue weighted by Gasteiger charge is 2.21. The largest absolute Gasteiger partial charge is 0.445 e. The number of methoxy groups -OCH3 is 1. The van der Waals surface area contributed by atoms with Gasteiger partial charge in [-0.25, -0.2) is 4.79 Å². The van der Waals surface area contributed by atoms with Crippen LogP contribution in [0, 0.1) is 0 Å². The third kappa shape index (κ3) is 5.95. The molecule has 8 heteroatoms. The lowest BCUT2D eigenvalue weighted by Crippen LogP contribution is -2.47. The molecule has 2 aromatic carbocycles. The third-order valence-electron chi connectivity index (χ3n) is 5.07. The molecule has 30 heavy (non-hydrogen) atoms. The summed E-state index contributed by atoms with van der Waals surface area (Å²) in [6.45, 7) is 5.36. The van der Waals surface area contributed by atoms with Crippen molar-refractivity contribution >= 4 is 23.4 Å². The molecule has 0 saturated carbocycles. The van der Waals surface area contributed by atoms with E-state index in [9.17, 15) is 9.59 Å². The van der Waals surface area contributed by atoms with Crippen molar-refractivity contribution in [3.8, 4) is 0 Å². The van der Waals surface area contributed by atoms with Crippen LogP contribution in [0.1, 0.15) is 15.9 Å². The van der Waals surface area contributed by atoms with Gasteiger partial charge in [0.05, 0.1) is 12.2 Å². The molecule has 0 aromatic heterocycles. The second-order valence-electron chi connectivity index (χ2n) is 7.10. The fourth-order valence-electron chi connectivity index (χ4n) is 3.41. The summed E-state index contributed by atoms with van der Waals surface area (Å²) in [6, 6.07) is 14.8. The fourth-order valence-corrected chi connectivity index (χ4v) is 3.41. The molecule has 3 N–H and O–H groups in total. The molecule has 0 atom stereocenters. The van der Waals surface area contributed by atoms with E-state index in [1.807, 2.05) is 24.3 Å². The molecular formula is C22H28N4O4. The van der Waals surface area contributed by atoms with Gasteiger partial charge in [-0.1, -0.05) is 24.3 Å². The first-order chi connectivity index (χ1) is 14.6. The quantitative estimate of drug-likeness (QED) is 0.691. The van der Waals surface area contributed by atoms with Gasteiger partial charge < -0.3 is 25.4 Å². The van der Waals surface area contributed by atoms with Crippen molar-refractivity contribution in [1.29, 1.82) is 0 Å². The number of nitrogens with zero attached hydrogens (tertiary/aromatic N) is 2. The molecule has 0 unspecified atom stereocenters. The standard InChI is InChI=1S/C22H28N4O4/c1-29-15-14-25-10-12-26(13-11-25)20-5-3-2-4-19(20)21(27)24-18-8-6-17(7-9-18)16-30-22(23)28/h2-9H,10-16H2,1H3,(H2,23,28)(H,24,27). The van der Waals surface area contributed by atoms with E-state index < -0.39 is 6.09 Å². The second kappa shape index (κ2) is 10.6. The molecule has 160 valence electrons. The highest BCUT2D eigenvalue weighted by atomic mass is 16.5. The number of amides is 2. The lowest BCUT2D eigenvalue weighted by Gasteiger charge is -2.36. The van der Waals surface area contributed by atoms with E-state index in [4.69, 9.17) is 15.2 Å². The summed E-state index contributed by atoms with van der Waals surface area (Å²) in [5, 5.41) is 2.94. The van der Waals surface area contributed by atoms with Crippen LogP contribution in [-0.4, -0.2) is 63.3 Å². The number of para-hydroxylation sites is 1. The predicted molar refractivity (Wildman–Crippen MR) is 116 cm³/mol. The maximum atomic E-state index is 12.9. The molecule has 1 saturated heterocycles. The average Bonchev–Trinajstić information content (AvgIpc) is 2.77. The third-order valence-corrected chi connectivity index (χ3v) is 5.07. The second-order valence-corrected chi connectivity index (χ2v) is 7.10. The minimum absolute atomic E-state index is 0.1000. The number of carbonyl (C=O) groups excluding carboxylic acids is 2. The molecule has 0 bridgehead atoms. The first-order valence-corrected chi connectivity index (χ1v) is 9.94. The Labute approximate surface area is 176 Å². The fraction of sp³-hybridized carbons (Fsp3) is 0.364. The first-order valence-electron chi connectivity index (χ1n) is 9.94. The van der Waals surface area contributed by atoms with Gasteiger partial charge in [-0.05, 0) is 29.8 Å². The zero-order chi connectivity index (χ0) is 21.3. The summed E-state index contributed by atoms with van der Waals surface area (Å²) in [5.41, 5.74) is 8.01. The molecule has 1 aliphatic rings. The molecule has 1 aliphatic heterocycles. The van der Waals surface area contributed by atoms with Crippen LogP contribution in [0.4, 0.5) is 16.2 Å². The molecule has 1 heterocycles. The molecule has 1 fully saturated rings. The SMILES string of the molecule is COCCN1CCN(c2ccccc2C(=O)Nc2ccc(COC(N)=O)cc2)CC1. The molecule has 2 aromatic rings. The van der Waals surface area contributed by atoms with Crippen molar-refractivity contribution in [1.82, 2.24) is 4.90 Å². The van der Waals surface area contributed by atoms with Crippen molar-refractivity contribution in [3.63, 3.8) is 0 Å². The summed E-state index contributed by atoms with van der Waals surface area (Å²) < 4.78 is 9.92. The Balaban J connectivity index is 1.62. The smallest absolute Gasteiger partial charge is 0.404 e. The Morgan fingerprint density at radius 1 is 1.03 bits per heavy atom. The number of carbonyl (C=O) groups is 2. The van der Waals surface area contributed by atoms with Crippen molar-refractivity contribution in [2.75, 3.05) is 56.7 Å². The number of nitrogens with two attached hydrogens (primary N) is 1. The van der Waals surface area contributed by atoms with Crippen LogP contribution < -0.4 is 16.0 Å². The molecule has 2 amide bonds. The first kappa shape index (κ1) is 21.6. The average molecular weight is 412 g/mol. The van der Waals surface area contributed by atoms with E-state index in [2.05, 4.69) is 15.1 Å². The maximum Gasteiger partial charge on any atom is 0.404 e. The number of hydrogen-bond acceptors (Lipinski definition) is 6. The van der Waals surface area contributed by atoms with E-state index in [1.165, 1.54) is 0 Å². The number of benzene rings is 2. The van der Waals surface area contributed by atoms with Crippen LogP contribution in [0.15, 0.2) is 48.5 Å². The summed E-state index contributed by atoms with van der Waals surface area (Å²) in [5.74, 6) is -0.159. The molecule has 0 radical (unpaired) electrons. The Morgan fingerprint density at radius 2 is 1.73 bits per heavy atom. The predicted octanol–water partition coefficient (Wildman–Crippen LogP) is 2.30. The Kier molecular flexibility index (Phi) is 7.64. The summed E-state index contributed by atoms with van der Waals surface area (Å²) in [6.07, 6.45) is -0.816. The normalized spacial score (nSPS) is 14.4. The molecule has 3 rings (SSSR count). The summed E-state index contributed by atoms with van der Waals surface area (Å²) in [7, 11) is 1.72. The van der Waals surface area contributed by atoms with Gasteiger partial charge in [0, 0.05) is 51.2 Å². The van der Waals surface area contributed by atoms with Gasteiger partial charge in [0.25, 0.3) is 5.91 Å². The van der Waals surface area contributed by atoms with Gasteiger partial charge in [-0.15, -0.1) is 0 Å². The number of piperazine rings is 1. The van der Waals surface area contributed by atoms with Crippen molar-refractivity contribution in [2.24, 2.45) is 5.73 Å². The minimum Gasteiger partial charge on any atom is -0.445 e. The van der Waals surface area contributed by atoms with Gasteiger partial charge in [0.15, 0.2) is 0 Å². The summed E-state index contributed by atoms with van der Waals surface area (Å²) in [4.78, 5) is 28.3. The van der Waals surface area contributed by atoms with E-state index >= 15 is 0 Å². The molecular weight excluding hydrogens is 384 g/mol. The highest BCUT2D eigenvalue weighted by molar-refractivity contribution is 6.08. The number of anilines is 2. The monoisotopic (exact) mass is 412 g/mol. The summed E-state index contributed by atoms with van der Waals surface area (Å²) >= 11 is 0. The van der Waals surface area contributed by atoms with Gasteiger partial charge in [-0.2, -0.15) is 0 Å². The van der Waals surface area contributed by atoms with Crippen LogP contribution >= 0.6 is 0 Å². The van der Waals surface area contributed by atoms with Gasteiger partial charge in [-0.3, -0.25) is 9.69 Å². The van der Waals surface area contributed by atoms with Gasteiger partial charge in [0.2, 0.25) is 0 Å². The van der Waals surface area contributed by atoms with Crippen LogP contribution in [0.3, 0.4) is 0 Å². The Hall–Kier alpha value is -3.10. The van der Waals surface area contributed by atoms with Crippen molar-refractivity contribution in [2.45, 2.75) is 6.61 Å². The number of primary amides is 1. The number of ether oxygens (including phenoxy) is 2. The van der Waals surface area contributed by atoms with Gasteiger partial charge >= 0.3 is 6.09 Å². The van der Waals surface area contributed by atoms with E-state index in [-0.39, 0.29) is 12.5 Å². The number of nitrogens with one attached hydrogen (secondary N) is 1. The van der Waals surface area contributed by atoms with Crippen LogP contribution in [0.2, 0.25) is 0 Å². The maximum absolute atomic E-state index is 12.9. The van der Waals surface area contributed by atoms with E-state index in [0.29, 0.717) is 11.3 Å². The molecule has 0 spiro atoms. The van der Waals surface area contributed by atoms with Gasteiger partial charge in [0.1, 0.15) is 6.61 Å². The Morgan fingerprint density at radius 3 is 2.40 bits per heavy atom. The lowest BCUT2D eigenvalue weighted by molar-refractivity contribution is 0.102. The molecule has 8 nitrogen and oxygen atoms in total. The zero-order valence-corrected chi connectivity index (χ0v) is 17.2. The molecule has 0 aliphatic carbocycles.